The van der Waals surface area contributed by atoms with E-state index in [1.165, 1.54) is 4.31 Å². The van der Waals surface area contributed by atoms with Gasteiger partial charge in [0.05, 0.1) is 0 Å². The summed E-state index contributed by atoms with van der Waals surface area (Å²) in [4.78, 5) is 15.3. The molecule has 2 aliphatic rings. The van der Waals surface area contributed by atoms with Crippen LogP contribution in [0.4, 0.5) is 0 Å². The van der Waals surface area contributed by atoms with Crippen molar-refractivity contribution in [1.82, 2.24) is 19.7 Å². The third-order valence-corrected chi connectivity index (χ3v) is 7.74. The topological polar surface area (TPSA) is 95.8 Å². The SMILES string of the molecule is CCCN(C(=O)C1CCN(S(=O)(=O)c2c(C)noc2C)CC1)C1CCNC1. The molecule has 1 aromatic heterocycles. The third kappa shape index (κ3) is 4.05. The quantitative estimate of drug-likeness (QED) is 0.776. The number of piperidine rings is 1. The minimum absolute atomic E-state index is 0.103. The lowest BCUT2D eigenvalue weighted by molar-refractivity contribution is -0.138. The number of nitrogens with zero attached hydrogens (tertiary/aromatic N) is 3. The van der Waals surface area contributed by atoms with Gasteiger partial charge in [0.15, 0.2) is 5.76 Å². The Hall–Kier alpha value is -1.45. The molecular weight excluding hydrogens is 368 g/mol. The molecule has 0 saturated carbocycles. The summed E-state index contributed by atoms with van der Waals surface area (Å²) in [5, 5.41) is 7.09. The molecule has 0 aromatic carbocycles. The van der Waals surface area contributed by atoms with Crippen molar-refractivity contribution >= 4 is 15.9 Å². The van der Waals surface area contributed by atoms with Gasteiger partial charge in [-0.15, -0.1) is 0 Å². The normalized spacial score (nSPS) is 22.3. The van der Waals surface area contributed by atoms with Gasteiger partial charge in [-0.05, 0) is 46.1 Å². The third-order valence-electron chi connectivity index (χ3n) is 5.59. The van der Waals surface area contributed by atoms with Crippen LogP contribution in [0, 0.1) is 19.8 Å². The second-order valence-corrected chi connectivity index (χ2v) is 9.38. The lowest BCUT2D eigenvalue weighted by atomic mass is 9.95. The van der Waals surface area contributed by atoms with Gasteiger partial charge >= 0.3 is 0 Å². The number of sulfonamides is 1. The molecule has 2 saturated heterocycles. The number of hydrogen-bond acceptors (Lipinski definition) is 6. The highest BCUT2D eigenvalue weighted by Crippen LogP contribution is 2.29. The average molecular weight is 399 g/mol. The predicted molar refractivity (Wildman–Crippen MR) is 101 cm³/mol. The second kappa shape index (κ2) is 8.28. The Balaban J connectivity index is 1.66. The summed E-state index contributed by atoms with van der Waals surface area (Å²) in [6.07, 6.45) is 3.04. The van der Waals surface area contributed by atoms with Gasteiger partial charge in [0.1, 0.15) is 10.6 Å². The minimum atomic E-state index is -3.63. The summed E-state index contributed by atoms with van der Waals surface area (Å²) in [6, 6.07) is 0.265. The molecule has 1 atom stereocenters. The number of aromatic nitrogens is 1. The molecule has 1 unspecified atom stereocenters. The lowest BCUT2D eigenvalue weighted by Crippen LogP contribution is -2.48. The number of amides is 1. The van der Waals surface area contributed by atoms with Crippen molar-refractivity contribution in [2.45, 2.75) is 57.4 Å². The van der Waals surface area contributed by atoms with Crippen LogP contribution in [0.15, 0.2) is 9.42 Å². The standard InChI is InChI=1S/C18H30N4O4S/c1-4-9-22(16-5-8-19-12-16)18(23)15-6-10-21(11-7-15)27(24,25)17-13(2)20-26-14(17)3/h15-16,19H,4-12H2,1-3H3. The fraction of sp³-hybridized carbons (Fsp3) is 0.778. The lowest BCUT2D eigenvalue weighted by Gasteiger charge is -2.36. The molecule has 1 aromatic rings. The van der Waals surface area contributed by atoms with Crippen LogP contribution in [0.1, 0.15) is 44.1 Å². The van der Waals surface area contributed by atoms with E-state index >= 15 is 0 Å². The molecular formula is C18H30N4O4S. The van der Waals surface area contributed by atoms with Crippen LogP contribution in [0.25, 0.3) is 0 Å². The number of hydrogen-bond donors (Lipinski definition) is 1. The van der Waals surface area contributed by atoms with E-state index in [2.05, 4.69) is 17.4 Å². The molecule has 152 valence electrons. The number of carbonyl (C=O) groups excluding carboxylic acids is 1. The molecule has 2 fully saturated rings. The predicted octanol–water partition coefficient (Wildman–Crippen LogP) is 1.29. The van der Waals surface area contributed by atoms with Crippen LogP contribution < -0.4 is 5.32 Å². The monoisotopic (exact) mass is 398 g/mol. The first-order valence-electron chi connectivity index (χ1n) is 9.80. The summed E-state index contributed by atoms with van der Waals surface area (Å²) in [5.74, 6) is 0.391. The molecule has 0 bridgehead atoms. The fourth-order valence-electron chi connectivity index (χ4n) is 4.17. The molecule has 1 amide bonds. The summed E-state index contributed by atoms with van der Waals surface area (Å²) in [7, 11) is -3.63. The minimum Gasteiger partial charge on any atom is -0.360 e. The van der Waals surface area contributed by atoms with E-state index in [1.54, 1.807) is 13.8 Å². The Morgan fingerprint density at radius 2 is 2.00 bits per heavy atom. The Labute approximate surface area is 161 Å². The maximum atomic E-state index is 13.1. The van der Waals surface area contributed by atoms with E-state index in [4.69, 9.17) is 4.52 Å². The van der Waals surface area contributed by atoms with Gasteiger partial charge in [-0.25, -0.2) is 8.42 Å². The zero-order chi connectivity index (χ0) is 19.6. The van der Waals surface area contributed by atoms with Crippen molar-refractivity contribution in [3.63, 3.8) is 0 Å². The number of nitrogens with one attached hydrogen (secondary N) is 1. The second-order valence-electron chi connectivity index (χ2n) is 7.51. The molecule has 0 radical (unpaired) electrons. The van der Waals surface area contributed by atoms with Crippen molar-refractivity contribution in [2.75, 3.05) is 32.7 Å². The Morgan fingerprint density at radius 3 is 2.52 bits per heavy atom. The Kier molecular flexibility index (Phi) is 6.22. The molecule has 9 heteroatoms. The maximum Gasteiger partial charge on any atom is 0.248 e. The molecule has 27 heavy (non-hydrogen) atoms. The van der Waals surface area contributed by atoms with Gasteiger partial charge < -0.3 is 14.7 Å². The zero-order valence-corrected chi connectivity index (χ0v) is 17.2. The van der Waals surface area contributed by atoms with Crippen LogP contribution in [0.5, 0.6) is 0 Å². The van der Waals surface area contributed by atoms with E-state index in [0.717, 1.165) is 32.5 Å². The van der Waals surface area contributed by atoms with Crippen molar-refractivity contribution in [1.29, 1.82) is 0 Å². The Bertz CT molecular complexity index is 743. The van der Waals surface area contributed by atoms with Gasteiger partial charge in [0.25, 0.3) is 0 Å². The first-order valence-corrected chi connectivity index (χ1v) is 11.2. The first kappa shape index (κ1) is 20.3. The van der Waals surface area contributed by atoms with Gasteiger partial charge in [-0.2, -0.15) is 4.31 Å². The summed E-state index contributed by atoms with van der Waals surface area (Å²) in [6.45, 7) is 8.61. The van der Waals surface area contributed by atoms with Crippen LogP contribution >= 0.6 is 0 Å². The largest absolute Gasteiger partial charge is 0.360 e. The molecule has 0 aliphatic carbocycles. The summed E-state index contributed by atoms with van der Waals surface area (Å²) < 4.78 is 32.4. The van der Waals surface area contributed by atoms with E-state index in [9.17, 15) is 13.2 Å². The van der Waals surface area contributed by atoms with Crippen molar-refractivity contribution in [3.05, 3.63) is 11.5 Å². The van der Waals surface area contributed by atoms with Gasteiger partial charge in [0.2, 0.25) is 15.9 Å². The highest BCUT2D eigenvalue weighted by molar-refractivity contribution is 7.89. The van der Waals surface area contributed by atoms with Crippen molar-refractivity contribution in [3.8, 4) is 0 Å². The Morgan fingerprint density at radius 1 is 1.30 bits per heavy atom. The highest BCUT2D eigenvalue weighted by atomic mass is 32.2. The van der Waals surface area contributed by atoms with E-state index < -0.39 is 10.0 Å². The molecule has 2 aliphatic heterocycles. The van der Waals surface area contributed by atoms with E-state index in [1.807, 2.05) is 4.90 Å². The molecule has 1 N–H and O–H groups in total. The van der Waals surface area contributed by atoms with Gasteiger partial charge in [-0.3, -0.25) is 4.79 Å². The molecule has 3 heterocycles. The van der Waals surface area contributed by atoms with E-state index in [0.29, 0.717) is 37.4 Å². The number of aryl methyl sites for hydroxylation is 2. The van der Waals surface area contributed by atoms with Crippen LogP contribution in [-0.4, -0.2) is 67.5 Å². The summed E-state index contributed by atoms with van der Waals surface area (Å²) >= 11 is 0. The molecule has 0 spiro atoms. The van der Waals surface area contributed by atoms with Crippen LogP contribution in [-0.2, 0) is 14.8 Å². The summed E-state index contributed by atoms with van der Waals surface area (Å²) in [5.41, 5.74) is 0.383. The highest BCUT2D eigenvalue weighted by Gasteiger charge is 2.37. The molecule has 3 rings (SSSR count). The van der Waals surface area contributed by atoms with Crippen molar-refractivity contribution in [2.24, 2.45) is 5.92 Å². The zero-order valence-electron chi connectivity index (χ0n) is 16.4. The first-order chi connectivity index (χ1) is 12.9. The smallest absolute Gasteiger partial charge is 0.248 e. The van der Waals surface area contributed by atoms with Crippen LogP contribution in [0.3, 0.4) is 0 Å². The van der Waals surface area contributed by atoms with Gasteiger partial charge in [0, 0.05) is 38.1 Å². The van der Waals surface area contributed by atoms with Crippen LogP contribution in [0.2, 0.25) is 0 Å². The average Bonchev–Trinajstić information content (AvgIpc) is 3.29. The number of rotatable bonds is 6. The maximum absolute atomic E-state index is 13.1. The fourth-order valence-corrected chi connectivity index (χ4v) is 5.93. The van der Waals surface area contributed by atoms with Gasteiger partial charge in [-0.1, -0.05) is 12.1 Å². The van der Waals surface area contributed by atoms with E-state index in [-0.39, 0.29) is 22.8 Å². The van der Waals surface area contributed by atoms with Crippen molar-refractivity contribution < 1.29 is 17.7 Å². The number of carbonyl (C=O) groups is 1. The molecule has 8 nitrogen and oxygen atoms in total.